The number of benzene rings is 1. The van der Waals surface area contributed by atoms with E-state index in [1.54, 1.807) is 25.1 Å². The lowest BCUT2D eigenvalue weighted by atomic mass is 10.0. The van der Waals surface area contributed by atoms with Crippen LogP contribution in [0.25, 0.3) is 0 Å². The Kier molecular flexibility index (Phi) is 5.85. The molecule has 19 heavy (non-hydrogen) atoms. The van der Waals surface area contributed by atoms with E-state index in [2.05, 4.69) is 0 Å². The second kappa shape index (κ2) is 7.16. The summed E-state index contributed by atoms with van der Waals surface area (Å²) in [5, 5.41) is 8.87. The Morgan fingerprint density at radius 1 is 1.47 bits per heavy atom. The fourth-order valence-electron chi connectivity index (χ4n) is 1.84. The second-order valence-corrected chi connectivity index (χ2v) is 4.36. The van der Waals surface area contributed by atoms with E-state index in [1.807, 2.05) is 0 Å². The largest absolute Gasteiger partial charge is 0.395 e. The van der Waals surface area contributed by atoms with Gasteiger partial charge in [-0.2, -0.15) is 0 Å². The van der Waals surface area contributed by atoms with Crippen LogP contribution in [0.15, 0.2) is 18.2 Å². The summed E-state index contributed by atoms with van der Waals surface area (Å²) in [5.41, 5.74) is 7.20. The van der Waals surface area contributed by atoms with Crippen LogP contribution in [0.3, 0.4) is 0 Å². The van der Waals surface area contributed by atoms with Gasteiger partial charge in [0.1, 0.15) is 0 Å². The summed E-state index contributed by atoms with van der Waals surface area (Å²) in [6, 6.07) is 4.91. The molecule has 4 nitrogen and oxygen atoms in total. The standard InChI is InChI=1S/C13H18F2N2O2/c1-9-6-10(13(16)19)2-3-11(9)7-17(4-5-18)8-12(14)15/h2-3,6,12,18H,4-5,7-8H2,1H3,(H2,16,19). The van der Waals surface area contributed by atoms with Crippen LogP contribution in [0, 0.1) is 6.92 Å². The molecule has 0 fully saturated rings. The highest BCUT2D eigenvalue weighted by Gasteiger charge is 2.13. The number of nitrogens with zero attached hydrogens (tertiary/aromatic N) is 1. The van der Waals surface area contributed by atoms with Gasteiger partial charge in [0.05, 0.1) is 13.2 Å². The van der Waals surface area contributed by atoms with Gasteiger partial charge in [-0.3, -0.25) is 9.69 Å². The minimum Gasteiger partial charge on any atom is -0.395 e. The summed E-state index contributed by atoms with van der Waals surface area (Å²) in [7, 11) is 0. The van der Waals surface area contributed by atoms with Crippen molar-refractivity contribution in [3.63, 3.8) is 0 Å². The topological polar surface area (TPSA) is 66.6 Å². The smallest absolute Gasteiger partial charge is 0.251 e. The zero-order valence-corrected chi connectivity index (χ0v) is 10.8. The molecule has 1 amide bonds. The molecule has 0 atom stereocenters. The van der Waals surface area contributed by atoms with E-state index in [0.717, 1.165) is 11.1 Å². The summed E-state index contributed by atoms with van der Waals surface area (Å²) >= 11 is 0. The van der Waals surface area contributed by atoms with Gasteiger partial charge >= 0.3 is 0 Å². The number of hydrogen-bond acceptors (Lipinski definition) is 3. The van der Waals surface area contributed by atoms with Gasteiger partial charge in [0.25, 0.3) is 6.43 Å². The number of aliphatic hydroxyl groups excluding tert-OH is 1. The van der Waals surface area contributed by atoms with Crippen molar-refractivity contribution in [2.75, 3.05) is 19.7 Å². The molecule has 0 unspecified atom stereocenters. The van der Waals surface area contributed by atoms with Crippen LogP contribution in [0.1, 0.15) is 21.5 Å². The van der Waals surface area contributed by atoms with E-state index in [0.29, 0.717) is 12.1 Å². The first-order valence-corrected chi connectivity index (χ1v) is 5.94. The van der Waals surface area contributed by atoms with E-state index < -0.39 is 18.9 Å². The van der Waals surface area contributed by atoms with Crippen molar-refractivity contribution in [2.24, 2.45) is 5.73 Å². The molecule has 0 saturated carbocycles. The van der Waals surface area contributed by atoms with Crippen molar-refractivity contribution >= 4 is 5.91 Å². The first-order valence-electron chi connectivity index (χ1n) is 5.94. The molecule has 0 aliphatic heterocycles. The molecule has 0 aliphatic rings. The van der Waals surface area contributed by atoms with Crippen molar-refractivity contribution in [3.8, 4) is 0 Å². The number of halogens is 2. The van der Waals surface area contributed by atoms with Crippen LogP contribution in [-0.2, 0) is 6.54 Å². The number of primary amides is 1. The van der Waals surface area contributed by atoms with Gasteiger partial charge in [-0.15, -0.1) is 0 Å². The normalized spacial score (nSPS) is 11.3. The van der Waals surface area contributed by atoms with Gasteiger partial charge < -0.3 is 10.8 Å². The number of alkyl halides is 2. The molecule has 0 aromatic heterocycles. The van der Waals surface area contributed by atoms with Gasteiger partial charge in [0.2, 0.25) is 5.91 Å². The van der Waals surface area contributed by atoms with Crippen molar-refractivity contribution in [1.29, 1.82) is 0 Å². The zero-order chi connectivity index (χ0) is 14.4. The van der Waals surface area contributed by atoms with Gasteiger partial charge in [-0.1, -0.05) is 6.07 Å². The molecule has 1 aromatic rings. The van der Waals surface area contributed by atoms with E-state index in [-0.39, 0.29) is 13.2 Å². The van der Waals surface area contributed by atoms with Crippen molar-refractivity contribution in [3.05, 3.63) is 34.9 Å². The molecule has 6 heteroatoms. The Morgan fingerprint density at radius 3 is 2.63 bits per heavy atom. The zero-order valence-electron chi connectivity index (χ0n) is 10.8. The number of hydrogen-bond donors (Lipinski definition) is 2. The van der Waals surface area contributed by atoms with Crippen molar-refractivity contribution < 1.29 is 18.7 Å². The molecule has 106 valence electrons. The molecule has 0 radical (unpaired) electrons. The molecule has 0 heterocycles. The molecule has 1 rings (SSSR count). The lowest BCUT2D eigenvalue weighted by Crippen LogP contribution is -2.31. The molecule has 0 bridgehead atoms. The number of amides is 1. The summed E-state index contributed by atoms with van der Waals surface area (Å²) in [5.74, 6) is -0.519. The van der Waals surface area contributed by atoms with Crippen LogP contribution < -0.4 is 5.73 Å². The van der Waals surface area contributed by atoms with Crippen LogP contribution in [-0.4, -0.2) is 42.0 Å². The quantitative estimate of drug-likeness (QED) is 0.782. The average Bonchev–Trinajstić information content (AvgIpc) is 2.31. The van der Waals surface area contributed by atoms with E-state index >= 15 is 0 Å². The highest BCUT2D eigenvalue weighted by atomic mass is 19.3. The fraction of sp³-hybridized carbons (Fsp3) is 0.462. The number of rotatable bonds is 7. The summed E-state index contributed by atoms with van der Waals surface area (Å²) < 4.78 is 24.8. The third kappa shape index (κ3) is 4.92. The highest BCUT2D eigenvalue weighted by Crippen LogP contribution is 2.14. The SMILES string of the molecule is Cc1cc(C(N)=O)ccc1CN(CCO)CC(F)F. The molecular formula is C13H18F2N2O2. The molecular weight excluding hydrogens is 254 g/mol. The van der Waals surface area contributed by atoms with Crippen LogP contribution in [0.5, 0.6) is 0 Å². The van der Waals surface area contributed by atoms with Gasteiger partial charge in [0.15, 0.2) is 0 Å². The lowest BCUT2D eigenvalue weighted by Gasteiger charge is -2.22. The molecule has 0 aliphatic carbocycles. The average molecular weight is 272 g/mol. The van der Waals surface area contributed by atoms with Crippen molar-refractivity contribution in [2.45, 2.75) is 19.9 Å². The third-order valence-electron chi connectivity index (χ3n) is 2.83. The number of aliphatic hydroxyl groups is 1. The number of aryl methyl sites for hydroxylation is 1. The Morgan fingerprint density at radius 2 is 2.16 bits per heavy atom. The van der Waals surface area contributed by atoms with E-state index in [9.17, 15) is 13.6 Å². The third-order valence-corrected chi connectivity index (χ3v) is 2.83. The van der Waals surface area contributed by atoms with Crippen molar-refractivity contribution in [1.82, 2.24) is 4.90 Å². The maximum Gasteiger partial charge on any atom is 0.251 e. The predicted molar refractivity (Wildman–Crippen MR) is 68.1 cm³/mol. The highest BCUT2D eigenvalue weighted by molar-refractivity contribution is 5.93. The van der Waals surface area contributed by atoms with Crippen LogP contribution in [0.4, 0.5) is 8.78 Å². The van der Waals surface area contributed by atoms with Gasteiger partial charge in [-0.25, -0.2) is 8.78 Å². The Bertz CT molecular complexity index is 439. The van der Waals surface area contributed by atoms with E-state index in [4.69, 9.17) is 10.8 Å². The summed E-state index contributed by atoms with van der Waals surface area (Å²) in [6.07, 6.45) is -2.45. The lowest BCUT2D eigenvalue weighted by molar-refractivity contribution is 0.0745. The Hall–Kier alpha value is -1.53. The Labute approximate surface area is 110 Å². The first kappa shape index (κ1) is 15.5. The predicted octanol–water partition coefficient (Wildman–Crippen LogP) is 1.15. The molecule has 0 saturated heterocycles. The number of carbonyl (C=O) groups is 1. The monoisotopic (exact) mass is 272 g/mol. The van der Waals surface area contributed by atoms with E-state index in [1.165, 1.54) is 4.90 Å². The molecule has 0 spiro atoms. The summed E-state index contributed by atoms with van der Waals surface area (Å²) in [6.45, 7) is 1.71. The van der Waals surface area contributed by atoms with Crippen LogP contribution >= 0.6 is 0 Å². The van der Waals surface area contributed by atoms with Gasteiger partial charge in [-0.05, 0) is 30.2 Å². The molecule has 1 aromatic carbocycles. The molecule has 3 N–H and O–H groups in total. The number of nitrogens with two attached hydrogens (primary N) is 1. The summed E-state index contributed by atoms with van der Waals surface area (Å²) in [4.78, 5) is 12.5. The second-order valence-electron chi connectivity index (χ2n) is 4.36. The van der Waals surface area contributed by atoms with Gasteiger partial charge in [0, 0.05) is 18.7 Å². The Balaban J connectivity index is 2.81. The first-order chi connectivity index (χ1) is 8.93. The maximum atomic E-state index is 12.4. The fourth-order valence-corrected chi connectivity index (χ4v) is 1.84. The minimum absolute atomic E-state index is 0.175. The van der Waals surface area contributed by atoms with Crippen LogP contribution in [0.2, 0.25) is 0 Å². The number of carbonyl (C=O) groups excluding carboxylic acids is 1. The minimum atomic E-state index is -2.45. The maximum absolute atomic E-state index is 12.4.